The Balaban J connectivity index is 1.69. The van der Waals surface area contributed by atoms with Crippen LogP contribution in [0.1, 0.15) is 34.7 Å². The largest absolute Gasteiger partial charge is 0.484 e. The summed E-state index contributed by atoms with van der Waals surface area (Å²) in [7, 11) is 0. The molecule has 1 aromatic heterocycles. The summed E-state index contributed by atoms with van der Waals surface area (Å²) >= 11 is 5.49. The third kappa shape index (κ3) is 7.64. The van der Waals surface area contributed by atoms with Crippen molar-refractivity contribution >= 4 is 23.4 Å². The zero-order valence-electron chi connectivity index (χ0n) is 16.1. The zero-order chi connectivity index (χ0) is 23.9. The van der Waals surface area contributed by atoms with Gasteiger partial charge in [-0.2, -0.15) is 13.2 Å². The fraction of sp³-hybridized carbons (Fsp3) is 0.389. The Kier molecular flexibility index (Phi) is 8.78. The average Bonchev–Trinajstić information content (AvgIpc) is 3.21. The van der Waals surface area contributed by atoms with Crippen molar-refractivity contribution in [1.29, 1.82) is 0 Å². The molecule has 1 atom stereocenters. The maximum absolute atomic E-state index is 12.8. The lowest BCUT2D eigenvalue weighted by Gasteiger charge is -2.14. The van der Waals surface area contributed by atoms with Gasteiger partial charge in [-0.3, -0.25) is 9.59 Å². The number of hydrogen-bond acceptors (Lipinski definition) is 6. The van der Waals surface area contributed by atoms with Gasteiger partial charge in [0.25, 0.3) is 18.2 Å². The number of nitrogens with one attached hydrogen (secondary N) is 2. The quantitative estimate of drug-likeness (QED) is 0.446. The van der Waals surface area contributed by atoms with Crippen LogP contribution in [0.4, 0.5) is 22.0 Å². The van der Waals surface area contributed by atoms with E-state index in [9.17, 15) is 36.6 Å². The van der Waals surface area contributed by atoms with Crippen molar-refractivity contribution in [2.45, 2.75) is 25.1 Å². The van der Waals surface area contributed by atoms with E-state index < -0.39 is 59.2 Å². The minimum absolute atomic E-state index is 0.00511. The Morgan fingerprint density at radius 2 is 1.94 bits per heavy atom. The Morgan fingerprint density at radius 3 is 2.56 bits per heavy atom. The molecule has 0 unspecified atom stereocenters. The van der Waals surface area contributed by atoms with Gasteiger partial charge in [0.1, 0.15) is 5.75 Å². The Morgan fingerprint density at radius 1 is 1.22 bits per heavy atom. The number of aliphatic hydroxyl groups excluding tert-OH is 1. The van der Waals surface area contributed by atoms with Gasteiger partial charge in [-0.1, -0.05) is 16.8 Å². The molecule has 1 heterocycles. The van der Waals surface area contributed by atoms with Crippen LogP contribution in [0, 0.1) is 0 Å². The number of alkyl halides is 5. The molecule has 2 rings (SSSR count). The van der Waals surface area contributed by atoms with Crippen LogP contribution >= 0.6 is 11.6 Å². The van der Waals surface area contributed by atoms with Gasteiger partial charge in [-0.15, -0.1) is 0 Å². The molecule has 3 N–H and O–H groups in total. The van der Waals surface area contributed by atoms with Gasteiger partial charge in [-0.25, -0.2) is 8.78 Å². The summed E-state index contributed by atoms with van der Waals surface area (Å²) in [4.78, 5) is 23.5. The third-order valence-electron chi connectivity index (χ3n) is 3.89. The highest BCUT2D eigenvalue weighted by molar-refractivity contribution is 6.31. The molecule has 176 valence electrons. The predicted octanol–water partition coefficient (Wildman–Crippen LogP) is 2.96. The molecule has 0 saturated heterocycles. The average molecular weight is 486 g/mol. The van der Waals surface area contributed by atoms with Crippen LogP contribution in [0.15, 0.2) is 28.8 Å². The summed E-state index contributed by atoms with van der Waals surface area (Å²) in [6.45, 7) is -0.910. The molecule has 0 radical (unpaired) electrons. The number of hydrogen-bond donors (Lipinski definition) is 3. The Bertz CT molecular complexity index is 938. The molecule has 0 fully saturated rings. The Hall–Kier alpha value is -2.93. The maximum Gasteiger partial charge on any atom is 0.417 e. The first-order valence-electron chi connectivity index (χ1n) is 8.94. The zero-order valence-corrected chi connectivity index (χ0v) is 16.8. The monoisotopic (exact) mass is 485 g/mol. The lowest BCUT2D eigenvalue weighted by Crippen LogP contribution is -2.37. The molecule has 0 aliphatic heterocycles. The van der Waals surface area contributed by atoms with E-state index in [2.05, 4.69) is 20.3 Å². The number of nitrogens with zero attached hydrogens (tertiary/aromatic N) is 1. The number of ether oxygens (including phenoxy) is 1. The lowest BCUT2D eigenvalue weighted by atomic mass is 10.2. The van der Waals surface area contributed by atoms with E-state index in [0.717, 1.165) is 12.1 Å². The number of aliphatic hydroxyl groups is 1. The van der Waals surface area contributed by atoms with Gasteiger partial charge < -0.3 is 25.0 Å². The summed E-state index contributed by atoms with van der Waals surface area (Å²) in [5, 5.41) is 17.0. The number of aromatic nitrogens is 1. The van der Waals surface area contributed by atoms with E-state index in [1.54, 1.807) is 0 Å². The van der Waals surface area contributed by atoms with Crippen molar-refractivity contribution in [2.24, 2.45) is 0 Å². The second kappa shape index (κ2) is 11.1. The SMILES string of the molecule is O=C(COc1ccc(Cl)c(C(F)(F)F)c1)NC[C@@H](O)CCNC(=O)c1cc(C(F)F)no1. The highest BCUT2D eigenvalue weighted by Crippen LogP contribution is 2.36. The van der Waals surface area contributed by atoms with Crippen molar-refractivity contribution in [3.63, 3.8) is 0 Å². The standard InChI is InChI=1S/C18H17ClF5N3O5/c19-12-2-1-10(5-11(12)18(22,23)24)31-8-15(29)26-7-9(28)3-4-25-17(30)14-6-13(16(20)21)27-32-14/h1-2,5-6,9,16,28H,3-4,7-8H2,(H,25,30)(H,26,29)/t9-/m0/s1. The highest BCUT2D eigenvalue weighted by Gasteiger charge is 2.33. The van der Waals surface area contributed by atoms with Crippen molar-refractivity contribution in [3.8, 4) is 5.75 Å². The number of halogens is 6. The molecule has 0 aliphatic rings. The van der Waals surface area contributed by atoms with Crippen LogP contribution in [0.25, 0.3) is 0 Å². The first-order valence-corrected chi connectivity index (χ1v) is 9.32. The van der Waals surface area contributed by atoms with Crippen molar-refractivity contribution < 1.29 is 45.9 Å². The van der Waals surface area contributed by atoms with Gasteiger partial charge in [-0.05, 0) is 24.6 Å². The van der Waals surface area contributed by atoms with Crippen molar-refractivity contribution in [3.05, 3.63) is 46.3 Å². The summed E-state index contributed by atoms with van der Waals surface area (Å²) in [6.07, 6.45) is -8.66. The number of rotatable bonds is 10. The molecule has 0 spiro atoms. The summed E-state index contributed by atoms with van der Waals surface area (Å²) in [6, 6.07) is 3.60. The lowest BCUT2D eigenvalue weighted by molar-refractivity contribution is -0.137. The highest BCUT2D eigenvalue weighted by atomic mass is 35.5. The summed E-state index contributed by atoms with van der Waals surface area (Å²) < 4.78 is 72.7. The van der Waals surface area contributed by atoms with Gasteiger partial charge >= 0.3 is 6.18 Å². The minimum Gasteiger partial charge on any atom is -0.484 e. The van der Waals surface area contributed by atoms with Crippen molar-refractivity contribution in [1.82, 2.24) is 15.8 Å². The second-order valence-corrected chi connectivity index (χ2v) is 6.75. The first kappa shape index (κ1) is 25.3. The number of benzene rings is 1. The molecule has 2 amide bonds. The van der Waals surface area contributed by atoms with Gasteiger partial charge in [0.05, 0.1) is 16.7 Å². The molecule has 2 aromatic rings. The second-order valence-electron chi connectivity index (χ2n) is 6.35. The van der Waals surface area contributed by atoms with E-state index in [-0.39, 0.29) is 25.3 Å². The smallest absolute Gasteiger partial charge is 0.417 e. The number of amides is 2. The van der Waals surface area contributed by atoms with E-state index >= 15 is 0 Å². The Labute approximate surface area is 182 Å². The molecule has 14 heteroatoms. The molecule has 0 bridgehead atoms. The molecule has 0 saturated carbocycles. The third-order valence-corrected chi connectivity index (χ3v) is 4.22. The van der Waals surface area contributed by atoms with Gasteiger partial charge in [0.2, 0.25) is 5.76 Å². The molecular formula is C18H17ClF5N3O5. The van der Waals surface area contributed by atoms with Crippen LogP contribution < -0.4 is 15.4 Å². The topological polar surface area (TPSA) is 114 Å². The van der Waals surface area contributed by atoms with Gasteiger partial charge in [0.15, 0.2) is 12.3 Å². The first-order chi connectivity index (χ1) is 15.0. The normalized spacial score (nSPS) is 12.5. The molecule has 32 heavy (non-hydrogen) atoms. The molecule has 1 aromatic carbocycles. The molecular weight excluding hydrogens is 469 g/mol. The fourth-order valence-corrected chi connectivity index (χ4v) is 2.51. The predicted molar refractivity (Wildman–Crippen MR) is 99.4 cm³/mol. The summed E-state index contributed by atoms with van der Waals surface area (Å²) in [5.74, 6) is -2.16. The van der Waals surface area contributed by atoms with Crippen molar-refractivity contribution in [2.75, 3.05) is 19.7 Å². The molecule has 8 nitrogen and oxygen atoms in total. The van der Waals surface area contributed by atoms with Gasteiger partial charge in [0, 0.05) is 19.2 Å². The van der Waals surface area contributed by atoms with Crippen LogP contribution in [0.2, 0.25) is 5.02 Å². The van der Waals surface area contributed by atoms with E-state index in [0.29, 0.717) is 6.07 Å². The van der Waals surface area contributed by atoms with Crippen LogP contribution in [-0.2, 0) is 11.0 Å². The minimum atomic E-state index is -4.68. The van der Waals surface area contributed by atoms with E-state index in [1.165, 1.54) is 6.07 Å². The van der Waals surface area contributed by atoms with Crippen LogP contribution in [0.5, 0.6) is 5.75 Å². The maximum atomic E-state index is 12.8. The van der Waals surface area contributed by atoms with E-state index in [4.69, 9.17) is 16.3 Å². The molecule has 0 aliphatic carbocycles. The fourth-order valence-electron chi connectivity index (χ4n) is 2.28. The van der Waals surface area contributed by atoms with E-state index in [1.807, 2.05) is 0 Å². The van der Waals surface area contributed by atoms with Crippen LogP contribution in [-0.4, -0.2) is 47.9 Å². The number of carbonyl (C=O) groups excluding carboxylic acids is 2. The number of carbonyl (C=O) groups is 2. The van der Waals surface area contributed by atoms with Crippen LogP contribution in [0.3, 0.4) is 0 Å². The summed E-state index contributed by atoms with van der Waals surface area (Å²) in [5.41, 5.74) is -1.79.